The van der Waals surface area contributed by atoms with E-state index in [4.69, 9.17) is 9.57 Å². The lowest BCUT2D eigenvalue weighted by Crippen LogP contribution is -2.47. The normalized spacial score (nSPS) is 15.2. The first-order valence-electron chi connectivity index (χ1n) is 9.39. The Bertz CT molecular complexity index is 873. The summed E-state index contributed by atoms with van der Waals surface area (Å²) in [5.74, 6) is 0.944. The monoisotopic (exact) mass is 367 g/mol. The number of ether oxygens (including phenoxy) is 1. The molecule has 7 heteroatoms. The second-order valence-corrected chi connectivity index (χ2v) is 6.64. The second-order valence-electron chi connectivity index (χ2n) is 6.64. The van der Waals surface area contributed by atoms with Crippen LogP contribution < -0.4 is 14.5 Å². The van der Waals surface area contributed by atoms with E-state index in [2.05, 4.69) is 32.2 Å². The van der Waals surface area contributed by atoms with Crippen LogP contribution in [0, 0.1) is 0 Å². The fourth-order valence-electron chi connectivity index (χ4n) is 3.49. The molecule has 3 aromatic rings. The van der Waals surface area contributed by atoms with Gasteiger partial charge in [-0.15, -0.1) is 5.10 Å². The highest BCUT2D eigenvalue weighted by atomic mass is 16.7. The predicted molar refractivity (Wildman–Crippen MR) is 105 cm³/mol. The van der Waals surface area contributed by atoms with Crippen LogP contribution in [0.15, 0.2) is 48.5 Å². The lowest BCUT2D eigenvalue weighted by Gasteiger charge is -2.36. The number of para-hydroxylation sites is 3. The molecule has 0 spiro atoms. The average Bonchev–Trinajstić information content (AvgIpc) is 3.15. The number of benzene rings is 2. The highest BCUT2D eigenvalue weighted by molar-refractivity contribution is 5.73. The molecule has 2 heterocycles. The van der Waals surface area contributed by atoms with E-state index in [0.29, 0.717) is 6.61 Å². The summed E-state index contributed by atoms with van der Waals surface area (Å²) in [5, 5.41) is 8.15. The van der Waals surface area contributed by atoms with Crippen molar-refractivity contribution in [2.45, 2.75) is 6.42 Å². The first-order chi connectivity index (χ1) is 13.3. The molecule has 1 saturated heterocycles. The molecule has 1 aliphatic rings. The third kappa shape index (κ3) is 3.98. The van der Waals surface area contributed by atoms with Gasteiger partial charge in [0.1, 0.15) is 23.4 Å². The van der Waals surface area contributed by atoms with Crippen LogP contribution in [0.4, 0.5) is 5.69 Å². The Labute approximate surface area is 159 Å². The number of nitrogens with zero attached hydrogens (tertiary/aromatic N) is 5. The molecule has 7 nitrogen and oxygen atoms in total. The van der Waals surface area contributed by atoms with E-state index in [1.165, 1.54) is 10.5 Å². The number of methoxy groups -OCH3 is 1. The topological polar surface area (TPSA) is 55.7 Å². The second kappa shape index (κ2) is 8.26. The van der Waals surface area contributed by atoms with Gasteiger partial charge in [-0.2, -0.15) is 0 Å². The summed E-state index contributed by atoms with van der Waals surface area (Å²) in [4.78, 5) is 12.2. The van der Waals surface area contributed by atoms with E-state index < -0.39 is 0 Å². The van der Waals surface area contributed by atoms with E-state index in [0.717, 1.165) is 55.9 Å². The van der Waals surface area contributed by atoms with Crippen molar-refractivity contribution in [2.75, 3.05) is 51.3 Å². The average molecular weight is 367 g/mol. The van der Waals surface area contributed by atoms with Crippen molar-refractivity contribution in [1.29, 1.82) is 0 Å². The number of fused-ring (bicyclic) bond motifs is 1. The summed E-state index contributed by atoms with van der Waals surface area (Å²) in [6.07, 6.45) is 0.961. The molecule has 0 amide bonds. The molecule has 1 fully saturated rings. The summed E-state index contributed by atoms with van der Waals surface area (Å²) >= 11 is 0. The highest BCUT2D eigenvalue weighted by Crippen LogP contribution is 2.28. The summed E-state index contributed by atoms with van der Waals surface area (Å²) in [6, 6.07) is 16.0. The standard InChI is InChI=1S/C20H25N5O2/c1-26-20-10-5-4-9-19(20)24-14-12-23(13-15-24)11-6-16-27-25-18-8-3-2-7-17(18)21-22-25/h2-5,7-10H,6,11-16H2,1H3. The predicted octanol–water partition coefficient (Wildman–Crippen LogP) is 2.08. The molecule has 0 aliphatic carbocycles. The Kier molecular flexibility index (Phi) is 5.39. The maximum absolute atomic E-state index is 5.76. The zero-order valence-electron chi connectivity index (χ0n) is 15.6. The SMILES string of the molecule is COc1ccccc1N1CCN(CCCOn2nnc3ccccc32)CC1. The summed E-state index contributed by atoms with van der Waals surface area (Å²) < 4.78 is 5.49. The van der Waals surface area contributed by atoms with Crippen molar-refractivity contribution in [3.8, 4) is 5.75 Å². The van der Waals surface area contributed by atoms with Gasteiger partial charge in [-0.1, -0.05) is 29.1 Å². The lowest BCUT2D eigenvalue weighted by atomic mass is 10.2. The zero-order valence-corrected chi connectivity index (χ0v) is 15.6. The largest absolute Gasteiger partial charge is 0.495 e. The Balaban J connectivity index is 1.22. The number of hydrogen-bond donors (Lipinski definition) is 0. The van der Waals surface area contributed by atoms with Gasteiger partial charge in [-0.05, 0) is 35.9 Å². The molecule has 0 saturated carbocycles. The molecule has 0 radical (unpaired) electrons. The molecule has 0 bridgehead atoms. The van der Waals surface area contributed by atoms with Gasteiger partial charge in [0.05, 0.1) is 12.8 Å². The molecular weight excluding hydrogens is 342 g/mol. The van der Waals surface area contributed by atoms with Crippen LogP contribution >= 0.6 is 0 Å². The maximum atomic E-state index is 5.76. The number of aromatic nitrogens is 3. The summed E-state index contributed by atoms with van der Waals surface area (Å²) in [5.41, 5.74) is 2.94. The Hall–Kier alpha value is -2.80. The Morgan fingerprint density at radius 3 is 2.59 bits per heavy atom. The quantitative estimate of drug-likeness (QED) is 0.596. The minimum absolute atomic E-state index is 0.625. The summed E-state index contributed by atoms with van der Waals surface area (Å²) in [6.45, 7) is 5.75. The highest BCUT2D eigenvalue weighted by Gasteiger charge is 2.19. The molecule has 2 aromatic carbocycles. The number of piperazine rings is 1. The molecule has 0 N–H and O–H groups in total. The first-order valence-corrected chi connectivity index (χ1v) is 9.39. The third-order valence-corrected chi connectivity index (χ3v) is 4.95. The van der Waals surface area contributed by atoms with E-state index in [1.807, 2.05) is 36.4 Å². The van der Waals surface area contributed by atoms with Crippen LogP contribution in [0.1, 0.15) is 6.42 Å². The van der Waals surface area contributed by atoms with Gasteiger partial charge in [0.2, 0.25) is 0 Å². The van der Waals surface area contributed by atoms with Crippen LogP contribution in [0.25, 0.3) is 11.0 Å². The summed E-state index contributed by atoms with van der Waals surface area (Å²) in [7, 11) is 1.73. The van der Waals surface area contributed by atoms with Crippen molar-refractivity contribution < 1.29 is 9.57 Å². The Morgan fingerprint density at radius 2 is 1.74 bits per heavy atom. The van der Waals surface area contributed by atoms with Crippen LogP contribution in [0.5, 0.6) is 5.75 Å². The molecule has 0 atom stereocenters. The van der Waals surface area contributed by atoms with Crippen LogP contribution in [0.3, 0.4) is 0 Å². The van der Waals surface area contributed by atoms with E-state index in [9.17, 15) is 0 Å². The number of anilines is 1. The fraction of sp³-hybridized carbons (Fsp3) is 0.400. The van der Waals surface area contributed by atoms with Gasteiger partial charge in [-0.3, -0.25) is 4.90 Å². The molecule has 1 aromatic heterocycles. The molecule has 27 heavy (non-hydrogen) atoms. The van der Waals surface area contributed by atoms with Crippen LogP contribution in [-0.4, -0.2) is 66.5 Å². The van der Waals surface area contributed by atoms with Crippen LogP contribution in [0.2, 0.25) is 0 Å². The minimum Gasteiger partial charge on any atom is -0.495 e. The molecule has 1 aliphatic heterocycles. The Morgan fingerprint density at radius 1 is 0.963 bits per heavy atom. The van der Waals surface area contributed by atoms with Crippen molar-refractivity contribution in [1.82, 2.24) is 20.1 Å². The minimum atomic E-state index is 0.625. The lowest BCUT2D eigenvalue weighted by molar-refractivity contribution is 0.0785. The van der Waals surface area contributed by atoms with E-state index >= 15 is 0 Å². The third-order valence-electron chi connectivity index (χ3n) is 4.95. The van der Waals surface area contributed by atoms with Gasteiger partial charge in [-0.25, -0.2) is 0 Å². The molecule has 4 rings (SSSR count). The molecule has 0 unspecified atom stereocenters. The first kappa shape index (κ1) is 17.6. The molecular formula is C20H25N5O2. The van der Waals surface area contributed by atoms with Crippen molar-refractivity contribution in [2.24, 2.45) is 0 Å². The van der Waals surface area contributed by atoms with Gasteiger partial charge in [0.15, 0.2) is 0 Å². The van der Waals surface area contributed by atoms with Crippen molar-refractivity contribution >= 4 is 16.7 Å². The smallest absolute Gasteiger partial charge is 0.142 e. The van der Waals surface area contributed by atoms with E-state index in [1.54, 1.807) is 7.11 Å². The zero-order chi connectivity index (χ0) is 18.5. The molecule has 142 valence electrons. The van der Waals surface area contributed by atoms with Gasteiger partial charge in [0.25, 0.3) is 0 Å². The van der Waals surface area contributed by atoms with Gasteiger partial charge in [0, 0.05) is 32.7 Å². The van der Waals surface area contributed by atoms with Gasteiger partial charge < -0.3 is 14.5 Å². The maximum Gasteiger partial charge on any atom is 0.142 e. The van der Waals surface area contributed by atoms with Crippen LogP contribution in [-0.2, 0) is 0 Å². The van der Waals surface area contributed by atoms with Gasteiger partial charge >= 0.3 is 0 Å². The van der Waals surface area contributed by atoms with Crippen molar-refractivity contribution in [3.63, 3.8) is 0 Å². The van der Waals surface area contributed by atoms with E-state index in [-0.39, 0.29) is 0 Å². The number of rotatable bonds is 7. The fourth-order valence-corrected chi connectivity index (χ4v) is 3.49. The number of hydrogen-bond acceptors (Lipinski definition) is 6. The van der Waals surface area contributed by atoms with Crippen molar-refractivity contribution in [3.05, 3.63) is 48.5 Å².